The fourth-order valence-corrected chi connectivity index (χ4v) is 7.55. The lowest BCUT2D eigenvalue weighted by atomic mass is 10.1. The number of sulfonamides is 1. The first kappa shape index (κ1) is 28.4. The van der Waals surface area contributed by atoms with E-state index in [2.05, 4.69) is 27.1 Å². The van der Waals surface area contributed by atoms with E-state index in [4.69, 9.17) is 14.2 Å². The number of aromatic nitrogens is 4. The van der Waals surface area contributed by atoms with Gasteiger partial charge in [-0.1, -0.05) is 6.07 Å². The lowest BCUT2D eigenvalue weighted by Crippen LogP contribution is -2.36. The van der Waals surface area contributed by atoms with Crippen molar-refractivity contribution in [2.45, 2.75) is 31.8 Å². The second kappa shape index (κ2) is 11.5. The van der Waals surface area contributed by atoms with Crippen LogP contribution in [0.3, 0.4) is 0 Å². The number of methoxy groups -OCH3 is 1. The second-order valence-electron chi connectivity index (χ2n) is 10.7. The van der Waals surface area contributed by atoms with Crippen molar-refractivity contribution < 1.29 is 22.6 Å². The molecule has 0 N–H and O–H groups in total. The average Bonchev–Trinajstić information content (AvgIpc) is 3.56. The minimum Gasteiger partial charge on any atom is -0.493 e. The van der Waals surface area contributed by atoms with Gasteiger partial charge in [0.1, 0.15) is 17.3 Å². The highest BCUT2D eigenvalue weighted by Gasteiger charge is 2.31. The highest BCUT2D eigenvalue weighted by Crippen LogP contribution is 2.34. The highest BCUT2D eigenvalue weighted by atomic mass is 32.2. The van der Waals surface area contributed by atoms with Gasteiger partial charge in [0, 0.05) is 63.4 Å². The molecule has 2 aromatic carbocycles. The summed E-state index contributed by atoms with van der Waals surface area (Å²) in [6.07, 6.45) is 3.69. The molecule has 0 spiro atoms. The molecule has 0 amide bonds. The number of rotatable bonds is 5. The fraction of sp³-hybridized carbons (Fsp3) is 0.400. The van der Waals surface area contributed by atoms with Crippen LogP contribution in [0.2, 0.25) is 0 Å². The number of fused-ring (bicyclic) bond motifs is 7. The third kappa shape index (κ3) is 5.42. The van der Waals surface area contributed by atoms with Crippen LogP contribution in [0.1, 0.15) is 22.5 Å². The Kier molecular flexibility index (Phi) is 7.79. The van der Waals surface area contributed by atoms with E-state index < -0.39 is 10.0 Å². The summed E-state index contributed by atoms with van der Waals surface area (Å²) in [7, 11) is -0.570. The maximum absolute atomic E-state index is 14.2. The molecule has 42 heavy (non-hydrogen) atoms. The highest BCUT2D eigenvalue weighted by molar-refractivity contribution is 7.89. The summed E-state index contributed by atoms with van der Waals surface area (Å²) in [5.41, 5.74) is 4.81. The van der Waals surface area contributed by atoms with E-state index in [1.807, 2.05) is 35.0 Å². The summed E-state index contributed by atoms with van der Waals surface area (Å²) in [4.78, 5) is 7.26. The Morgan fingerprint density at radius 1 is 1.02 bits per heavy atom. The van der Waals surface area contributed by atoms with Crippen LogP contribution in [0.15, 0.2) is 53.7 Å². The molecule has 2 aliphatic rings. The largest absolute Gasteiger partial charge is 0.493 e. The minimum atomic E-state index is -3.91. The van der Waals surface area contributed by atoms with Crippen LogP contribution in [-0.2, 0) is 34.9 Å². The average molecular weight is 593 g/mol. The molecule has 1 fully saturated rings. The molecule has 0 radical (unpaired) electrons. The zero-order chi connectivity index (χ0) is 29.4. The number of morpholine rings is 1. The molecule has 4 aromatic rings. The van der Waals surface area contributed by atoms with Gasteiger partial charge >= 0.3 is 0 Å². The van der Waals surface area contributed by atoms with Gasteiger partial charge in [-0.3, -0.25) is 14.1 Å². The van der Waals surface area contributed by atoms with E-state index in [0.29, 0.717) is 36.1 Å². The third-order valence-corrected chi connectivity index (χ3v) is 9.98. The van der Waals surface area contributed by atoms with Crippen molar-refractivity contribution in [2.24, 2.45) is 7.05 Å². The number of aryl methyl sites for hydroxylation is 2. The molecule has 4 heterocycles. The Labute approximate surface area is 246 Å². The Bertz CT molecular complexity index is 1710. The number of ether oxygens (including phenoxy) is 3. The number of hydrogen-bond donors (Lipinski definition) is 0. The first-order valence-corrected chi connectivity index (χ1v) is 15.5. The number of hydrogen-bond acceptors (Lipinski definition) is 8. The Balaban J connectivity index is 1.49. The van der Waals surface area contributed by atoms with Gasteiger partial charge in [0.15, 0.2) is 11.5 Å². The van der Waals surface area contributed by atoms with Crippen LogP contribution < -0.4 is 9.47 Å². The summed E-state index contributed by atoms with van der Waals surface area (Å²) in [5.74, 6) is 1.84. The molecule has 2 aromatic heterocycles. The quantitative estimate of drug-likeness (QED) is 0.348. The third-order valence-electron chi connectivity index (χ3n) is 7.89. The molecule has 2 aliphatic heterocycles. The lowest BCUT2D eigenvalue weighted by molar-refractivity contribution is 0.0342. The molecule has 6 rings (SSSR count). The van der Waals surface area contributed by atoms with Gasteiger partial charge < -0.3 is 14.2 Å². The van der Waals surface area contributed by atoms with Crippen molar-refractivity contribution in [1.82, 2.24) is 28.5 Å². The molecule has 0 aliphatic carbocycles. The first-order chi connectivity index (χ1) is 20.2. The van der Waals surface area contributed by atoms with Gasteiger partial charge in [-0.2, -0.15) is 9.40 Å². The van der Waals surface area contributed by atoms with E-state index in [0.717, 1.165) is 47.8 Å². The molecule has 4 bridgehead atoms. The molecule has 12 heteroatoms. The zero-order valence-corrected chi connectivity index (χ0v) is 25.2. The Morgan fingerprint density at radius 3 is 2.57 bits per heavy atom. The van der Waals surface area contributed by atoms with Gasteiger partial charge in [-0.15, -0.1) is 0 Å². The maximum Gasteiger partial charge on any atom is 0.247 e. The van der Waals surface area contributed by atoms with Crippen LogP contribution in [0.4, 0.5) is 0 Å². The van der Waals surface area contributed by atoms with Crippen LogP contribution >= 0.6 is 0 Å². The zero-order valence-electron chi connectivity index (χ0n) is 24.4. The van der Waals surface area contributed by atoms with Crippen molar-refractivity contribution in [3.8, 4) is 28.6 Å². The summed E-state index contributed by atoms with van der Waals surface area (Å²) < 4.78 is 50.9. The molecule has 1 saturated heterocycles. The maximum atomic E-state index is 14.2. The summed E-state index contributed by atoms with van der Waals surface area (Å²) in [6, 6.07) is 12.0. The van der Waals surface area contributed by atoms with E-state index in [1.54, 1.807) is 38.9 Å². The van der Waals surface area contributed by atoms with Crippen molar-refractivity contribution in [3.05, 3.63) is 71.3 Å². The lowest BCUT2D eigenvalue weighted by Gasteiger charge is -2.27. The van der Waals surface area contributed by atoms with Crippen molar-refractivity contribution in [3.63, 3.8) is 0 Å². The number of imidazole rings is 1. The van der Waals surface area contributed by atoms with Crippen molar-refractivity contribution in [1.29, 1.82) is 0 Å². The van der Waals surface area contributed by atoms with Gasteiger partial charge in [0.25, 0.3) is 0 Å². The predicted octanol–water partition coefficient (Wildman–Crippen LogP) is 3.31. The molecule has 0 unspecified atom stereocenters. The molecule has 0 atom stereocenters. The van der Waals surface area contributed by atoms with E-state index in [1.165, 1.54) is 4.31 Å². The Morgan fingerprint density at radius 2 is 1.83 bits per heavy atom. The normalized spacial score (nSPS) is 16.6. The SMILES string of the molecule is COc1ccc2cc1OCCN(S(=O)(=O)c1c(C)nn(C)c1C)Cc1cc(CN3CCOCC3)cc(c1)-n1ccnc1-2. The van der Waals surface area contributed by atoms with E-state index >= 15 is 0 Å². The molecular formula is C30H36N6O5S. The predicted molar refractivity (Wildman–Crippen MR) is 157 cm³/mol. The molecular weight excluding hydrogens is 556 g/mol. The van der Waals surface area contributed by atoms with Crippen LogP contribution in [0.5, 0.6) is 11.5 Å². The number of nitrogens with zero attached hydrogens (tertiary/aromatic N) is 6. The first-order valence-electron chi connectivity index (χ1n) is 14.0. The number of benzene rings is 2. The minimum absolute atomic E-state index is 0.131. The van der Waals surface area contributed by atoms with Gasteiger partial charge in [-0.05, 0) is 55.3 Å². The summed E-state index contributed by atoms with van der Waals surface area (Å²) in [6.45, 7) is 7.78. The standard InChI is InChI=1S/C30H36N6O5S/c1-21-29(22(2)33(3)32-21)42(37,38)35-11-14-41-28-18-25(5-6-27(28)39-4)30-31-7-8-36(30)26-16-23(15-24(17-26)20-35)19-34-9-12-40-13-10-34/h5-8,15-18H,9-14,19-20H2,1-4H3. The van der Waals surface area contributed by atoms with Crippen LogP contribution in [0, 0.1) is 13.8 Å². The fourth-order valence-electron chi connectivity index (χ4n) is 5.74. The van der Waals surface area contributed by atoms with Gasteiger partial charge in [0.05, 0.1) is 31.7 Å². The molecule has 0 saturated carbocycles. The van der Waals surface area contributed by atoms with Gasteiger partial charge in [-0.25, -0.2) is 13.4 Å². The van der Waals surface area contributed by atoms with Crippen molar-refractivity contribution in [2.75, 3.05) is 46.6 Å². The van der Waals surface area contributed by atoms with Gasteiger partial charge in [0.2, 0.25) is 10.0 Å². The van der Waals surface area contributed by atoms with E-state index in [-0.39, 0.29) is 24.6 Å². The summed E-state index contributed by atoms with van der Waals surface area (Å²) >= 11 is 0. The second-order valence-corrected chi connectivity index (χ2v) is 12.6. The van der Waals surface area contributed by atoms with E-state index in [9.17, 15) is 8.42 Å². The smallest absolute Gasteiger partial charge is 0.247 e. The Hall–Kier alpha value is -3.71. The molecule has 11 nitrogen and oxygen atoms in total. The summed E-state index contributed by atoms with van der Waals surface area (Å²) in [5, 5.41) is 4.39. The molecule has 222 valence electrons. The van der Waals surface area contributed by atoms with Crippen LogP contribution in [0.25, 0.3) is 17.1 Å². The topological polar surface area (TPSA) is 104 Å². The van der Waals surface area contributed by atoms with Crippen molar-refractivity contribution >= 4 is 10.0 Å². The monoisotopic (exact) mass is 592 g/mol. The van der Waals surface area contributed by atoms with Crippen LogP contribution in [-0.4, -0.2) is 83.5 Å².